The van der Waals surface area contributed by atoms with Gasteiger partial charge in [-0.1, -0.05) is 24.3 Å². The lowest BCUT2D eigenvalue weighted by atomic mass is 10.1. The molecular weight excluding hydrogens is 432 g/mol. The SMILES string of the molecule is CN=C(NCCc1cccc(OC)c1)N(C)Cc1cccc(F)c1.I. The van der Waals surface area contributed by atoms with Crippen LogP contribution in [-0.4, -0.2) is 38.6 Å². The molecule has 0 aliphatic carbocycles. The van der Waals surface area contributed by atoms with Crippen LogP contribution in [0.2, 0.25) is 0 Å². The Kier molecular flexibility index (Phi) is 9.26. The third-order valence-corrected chi connectivity index (χ3v) is 3.71. The quantitative estimate of drug-likeness (QED) is 0.409. The van der Waals surface area contributed by atoms with Gasteiger partial charge in [-0.25, -0.2) is 4.39 Å². The van der Waals surface area contributed by atoms with Gasteiger partial charge in [-0.2, -0.15) is 0 Å². The molecule has 25 heavy (non-hydrogen) atoms. The lowest BCUT2D eigenvalue weighted by Gasteiger charge is -2.22. The number of benzene rings is 2. The van der Waals surface area contributed by atoms with Crippen molar-refractivity contribution in [1.29, 1.82) is 0 Å². The van der Waals surface area contributed by atoms with Gasteiger partial charge in [0.2, 0.25) is 0 Å². The summed E-state index contributed by atoms with van der Waals surface area (Å²) in [6.45, 7) is 1.35. The summed E-state index contributed by atoms with van der Waals surface area (Å²) >= 11 is 0. The number of halogens is 2. The van der Waals surface area contributed by atoms with Crippen molar-refractivity contribution in [3.8, 4) is 5.75 Å². The van der Waals surface area contributed by atoms with E-state index >= 15 is 0 Å². The second-order valence-electron chi connectivity index (χ2n) is 5.56. The minimum absolute atomic E-state index is 0. The number of nitrogens with zero attached hydrogens (tertiary/aromatic N) is 2. The van der Waals surface area contributed by atoms with E-state index < -0.39 is 0 Å². The van der Waals surface area contributed by atoms with Crippen molar-refractivity contribution < 1.29 is 9.13 Å². The molecule has 136 valence electrons. The van der Waals surface area contributed by atoms with E-state index in [4.69, 9.17) is 4.74 Å². The number of ether oxygens (including phenoxy) is 1. The van der Waals surface area contributed by atoms with Crippen molar-refractivity contribution in [2.75, 3.05) is 27.7 Å². The fourth-order valence-corrected chi connectivity index (χ4v) is 2.52. The fraction of sp³-hybridized carbons (Fsp3) is 0.316. The second-order valence-corrected chi connectivity index (χ2v) is 5.56. The van der Waals surface area contributed by atoms with Crippen LogP contribution in [0.4, 0.5) is 4.39 Å². The molecule has 0 saturated heterocycles. The number of rotatable bonds is 6. The summed E-state index contributed by atoms with van der Waals surface area (Å²) in [6.07, 6.45) is 0.865. The molecular formula is C19H25FIN3O. The lowest BCUT2D eigenvalue weighted by molar-refractivity contribution is 0.414. The molecule has 6 heteroatoms. The highest BCUT2D eigenvalue weighted by Crippen LogP contribution is 2.12. The Morgan fingerprint density at radius 2 is 1.88 bits per heavy atom. The van der Waals surface area contributed by atoms with E-state index in [0.29, 0.717) is 6.54 Å². The summed E-state index contributed by atoms with van der Waals surface area (Å²) in [5, 5.41) is 3.33. The van der Waals surface area contributed by atoms with E-state index in [1.807, 2.05) is 36.2 Å². The summed E-state index contributed by atoms with van der Waals surface area (Å²) < 4.78 is 18.5. The van der Waals surface area contributed by atoms with Crippen LogP contribution in [0, 0.1) is 5.82 Å². The van der Waals surface area contributed by atoms with Crippen LogP contribution in [-0.2, 0) is 13.0 Å². The van der Waals surface area contributed by atoms with Gasteiger partial charge < -0.3 is 15.0 Å². The highest BCUT2D eigenvalue weighted by molar-refractivity contribution is 14.0. The Morgan fingerprint density at radius 3 is 2.56 bits per heavy atom. The molecule has 0 aromatic heterocycles. The molecule has 0 amide bonds. The van der Waals surface area contributed by atoms with Crippen LogP contribution < -0.4 is 10.1 Å². The zero-order valence-electron chi connectivity index (χ0n) is 14.8. The molecule has 4 nitrogen and oxygen atoms in total. The Labute approximate surface area is 166 Å². The first kappa shape index (κ1) is 21.2. The minimum atomic E-state index is -0.220. The topological polar surface area (TPSA) is 36.9 Å². The molecule has 0 bridgehead atoms. The summed E-state index contributed by atoms with van der Waals surface area (Å²) in [5.74, 6) is 1.42. The summed E-state index contributed by atoms with van der Waals surface area (Å²) in [7, 11) is 5.35. The highest BCUT2D eigenvalue weighted by atomic mass is 127. The number of methoxy groups -OCH3 is 1. The maximum Gasteiger partial charge on any atom is 0.193 e. The molecule has 2 aromatic rings. The molecule has 0 radical (unpaired) electrons. The lowest BCUT2D eigenvalue weighted by Crippen LogP contribution is -2.39. The molecule has 0 fully saturated rings. The predicted octanol–water partition coefficient (Wildman–Crippen LogP) is 3.70. The maximum atomic E-state index is 13.3. The van der Waals surface area contributed by atoms with Gasteiger partial charge in [-0.3, -0.25) is 4.99 Å². The normalized spacial score (nSPS) is 10.8. The molecule has 0 aliphatic heterocycles. The third kappa shape index (κ3) is 6.89. The van der Waals surface area contributed by atoms with Crippen LogP contribution >= 0.6 is 24.0 Å². The van der Waals surface area contributed by atoms with Gasteiger partial charge >= 0.3 is 0 Å². The highest BCUT2D eigenvalue weighted by Gasteiger charge is 2.07. The molecule has 0 heterocycles. The smallest absolute Gasteiger partial charge is 0.193 e. The van der Waals surface area contributed by atoms with Crippen molar-refractivity contribution in [2.45, 2.75) is 13.0 Å². The van der Waals surface area contributed by atoms with Crippen LogP contribution in [0.25, 0.3) is 0 Å². The molecule has 0 unspecified atom stereocenters. The second kappa shape index (κ2) is 10.9. The first-order valence-electron chi connectivity index (χ1n) is 7.91. The van der Waals surface area contributed by atoms with E-state index in [9.17, 15) is 4.39 Å². The van der Waals surface area contributed by atoms with Gasteiger partial charge in [0, 0.05) is 27.2 Å². The van der Waals surface area contributed by atoms with Crippen LogP contribution in [0.3, 0.4) is 0 Å². The molecule has 2 rings (SSSR count). The monoisotopic (exact) mass is 457 g/mol. The number of nitrogens with one attached hydrogen (secondary N) is 1. The van der Waals surface area contributed by atoms with E-state index in [0.717, 1.165) is 30.2 Å². The average molecular weight is 457 g/mol. The molecule has 0 aliphatic rings. The largest absolute Gasteiger partial charge is 0.497 e. The number of guanidine groups is 1. The third-order valence-electron chi connectivity index (χ3n) is 3.71. The Morgan fingerprint density at radius 1 is 1.16 bits per heavy atom. The Hall–Kier alpha value is -1.83. The first-order valence-corrected chi connectivity index (χ1v) is 7.91. The van der Waals surface area contributed by atoms with Crippen molar-refractivity contribution in [2.24, 2.45) is 4.99 Å². The predicted molar refractivity (Wildman–Crippen MR) is 111 cm³/mol. The van der Waals surface area contributed by atoms with Gasteiger partial charge in [-0.15, -0.1) is 24.0 Å². The molecule has 2 aromatic carbocycles. The van der Waals surface area contributed by atoms with E-state index in [-0.39, 0.29) is 29.8 Å². The maximum absolute atomic E-state index is 13.3. The molecule has 0 atom stereocenters. The minimum Gasteiger partial charge on any atom is -0.497 e. The van der Waals surface area contributed by atoms with Gasteiger partial charge in [0.05, 0.1) is 7.11 Å². The van der Waals surface area contributed by atoms with Gasteiger partial charge in [0.15, 0.2) is 5.96 Å². The van der Waals surface area contributed by atoms with E-state index in [1.54, 1.807) is 26.3 Å². The fourth-order valence-electron chi connectivity index (χ4n) is 2.52. The number of aliphatic imine (C=N–C) groups is 1. The average Bonchev–Trinajstić information content (AvgIpc) is 2.59. The summed E-state index contributed by atoms with van der Waals surface area (Å²) in [6, 6.07) is 14.6. The standard InChI is InChI=1S/C19H24FN3O.HI/c1-21-19(23(2)14-16-7-4-8-17(20)12-16)22-11-10-15-6-5-9-18(13-15)24-3;/h4-9,12-13H,10-11,14H2,1-3H3,(H,21,22);1H. The van der Waals surface area contributed by atoms with Crippen LogP contribution in [0.1, 0.15) is 11.1 Å². The van der Waals surface area contributed by atoms with Crippen LogP contribution in [0.15, 0.2) is 53.5 Å². The van der Waals surface area contributed by atoms with Crippen molar-refractivity contribution in [1.82, 2.24) is 10.2 Å². The zero-order valence-corrected chi connectivity index (χ0v) is 17.2. The van der Waals surface area contributed by atoms with Crippen LogP contribution in [0.5, 0.6) is 5.75 Å². The number of hydrogen-bond donors (Lipinski definition) is 1. The van der Waals surface area contributed by atoms with Crippen molar-refractivity contribution in [3.05, 3.63) is 65.5 Å². The first-order chi connectivity index (χ1) is 11.6. The zero-order chi connectivity index (χ0) is 17.4. The summed E-state index contributed by atoms with van der Waals surface area (Å²) in [4.78, 5) is 6.26. The van der Waals surface area contributed by atoms with Gasteiger partial charge in [0.25, 0.3) is 0 Å². The molecule has 0 saturated carbocycles. The van der Waals surface area contributed by atoms with Crippen molar-refractivity contribution >= 4 is 29.9 Å². The molecule has 0 spiro atoms. The molecule has 1 N–H and O–H groups in total. The number of hydrogen-bond acceptors (Lipinski definition) is 2. The van der Waals surface area contributed by atoms with Crippen molar-refractivity contribution in [3.63, 3.8) is 0 Å². The summed E-state index contributed by atoms with van der Waals surface area (Å²) in [5.41, 5.74) is 2.11. The Balaban J connectivity index is 0.00000312. The van der Waals surface area contributed by atoms with E-state index in [2.05, 4.69) is 16.4 Å². The van der Waals surface area contributed by atoms with Gasteiger partial charge in [0.1, 0.15) is 11.6 Å². The van der Waals surface area contributed by atoms with E-state index in [1.165, 1.54) is 11.6 Å². The Bertz CT molecular complexity index is 694. The van der Waals surface area contributed by atoms with Gasteiger partial charge in [-0.05, 0) is 41.8 Å².